The molecule has 1 heterocycles. The van der Waals surface area contributed by atoms with E-state index in [9.17, 15) is 4.79 Å². The quantitative estimate of drug-likeness (QED) is 0.503. The van der Waals surface area contributed by atoms with Crippen molar-refractivity contribution in [1.82, 2.24) is 15.5 Å². The molecule has 3 rings (SSSR count). The predicted molar refractivity (Wildman–Crippen MR) is 115 cm³/mol. The largest absolute Gasteiger partial charge is 0.497 e. The average Bonchev–Trinajstić information content (AvgIpc) is 3.28. The van der Waals surface area contributed by atoms with E-state index in [4.69, 9.17) is 18.7 Å². The first-order valence-corrected chi connectivity index (χ1v) is 10.1. The summed E-state index contributed by atoms with van der Waals surface area (Å²) in [6, 6.07) is 13.1. The van der Waals surface area contributed by atoms with Gasteiger partial charge in [-0.1, -0.05) is 5.16 Å². The molecule has 0 saturated heterocycles. The highest BCUT2D eigenvalue weighted by molar-refractivity contribution is 5.75. The van der Waals surface area contributed by atoms with Crippen LogP contribution in [0.4, 0.5) is 0 Å². The lowest BCUT2D eigenvalue weighted by atomic mass is 10.1. The van der Waals surface area contributed by atoms with E-state index in [0.717, 1.165) is 28.4 Å². The molecule has 2 aromatic carbocycles. The van der Waals surface area contributed by atoms with Gasteiger partial charge in [-0.15, -0.1) is 0 Å². The number of ether oxygens (including phenoxy) is 3. The molecular weight excluding hydrogens is 398 g/mol. The number of aromatic nitrogens is 2. The van der Waals surface area contributed by atoms with Crippen molar-refractivity contribution in [3.05, 3.63) is 53.9 Å². The molecule has 0 spiro atoms. The molecule has 0 fully saturated rings. The van der Waals surface area contributed by atoms with Crippen molar-refractivity contribution < 1.29 is 23.5 Å². The van der Waals surface area contributed by atoms with Gasteiger partial charge in [-0.05, 0) is 60.9 Å². The zero-order valence-electron chi connectivity index (χ0n) is 18.0. The highest BCUT2D eigenvalue weighted by Gasteiger charge is 2.10. The Morgan fingerprint density at radius 3 is 2.42 bits per heavy atom. The summed E-state index contributed by atoms with van der Waals surface area (Å²) in [6.45, 7) is 0.518. The standard InChI is InChI=1S/C23H27N3O5/c1-28-18-9-7-16(8-10-18)23-25-22(31-26-23)6-4-5-21(27)24-14-13-17-15-19(29-2)11-12-20(17)30-3/h7-12,15H,4-6,13-14H2,1-3H3,(H,24,27). The lowest BCUT2D eigenvalue weighted by Crippen LogP contribution is -2.25. The van der Waals surface area contributed by atoms with Gasteiger partial charge >= 0.3 is 0 Å². The predicted octanol–water partition coefficient (Wildman–Crippen LogP) is 3.44. The van der Waals surface area contributed by atoms with Crippen LogP contribution in [0.1, 0.15) is 24.3 Å². The zero-order valence-corrected chi connectivity index (χ0v) is 18.0. The van der Waals surface area contributed by atoms with Crippen LogP contribution in [-0.4, -0.2) is 43.9 Å². The SMILES string of the molecule is COc1ccc(-c2noc(CCCC(=O)NCCc3cc(OC)ccc3OC)n2)cc1. The first kappa shape index (κ1) is 22.1. The maximum Gasteiger partial charge on any atom is 0.226 e. The van der Waals surface area contributed by atoms with Crippen molar-refractivity contribution in [2.45, 2.75) is 25.7 Å². The second kappa shape index (κ2) is 11.0. The minimum Gasteiger partial charge on any atom is -0.497 e. The number of hydrogen-bond donors (Lipinski definition) is 1. The fourth-order valence-corrected chi connectivity index (χ4v) is 3.12. The topological polar surface area (TPSA) is 95.7 Å². The highest BCUT2D eigenvalue weighted by Crippen LogP contribution is 2.24. The molecule has 0 bridgehead atoms. The van der Waals surface area contributed by atoms with Crippen LogP contribution in [0.2, 0.25) is 0 Å². The highest BCUT2D eigenvalue weighted by atomic mass is 16.5. The van der Waals surface area contributed by atoms with E-state index < -0.39 is 0 Å². The van der Waals surface area contributed by atoms with Crippen molar-refractivity contribution in [3.63, 3.8) is 0 Å². The number of carbonyl (C=O) groups excluding carboxylic acids is 1. The summed E-state index contributed by atoms with van der Waals surface area (Å²) >= 11 is 0. The Hall–Kier alpha value is -3.55. The van der Waals surface area contributed by atoms with Gasteiger partial charge in [0.15, 0.2) is 0 Å². The van der Waals surface area contributed by atoms with Gasteiger partial charge in [0.25, 0.3) is 0 Å². The molecule has 0 atom stereocenters. The molecular formula is C23H27N3O5. The van der Waals surface area contributed by atoms with Gasteiger partial charge in [-0.3, -0.25) is 4.79 Å². The summed E-state index contributed by atoms with van der Waals surface area (Å²) in [7, 11) is 4.87. The Morgan fingerprint density at radius 1 is 0.968 bits per heavy atom. The van der Waals surface area contributed by atoms with Crippen LogP contribution in [0.15, 0.2) is 47.0 Å². The maximum absolute atomic E-state index is 12.1. The zero-order chi connectivity index (χ0) is 22.1. The van der Waals surface area contributed by atoms with Crippen LogP contribution in [0.3, 0.4) is 0 Å². The summed E-state index contributed by atoms with van der Waals surface area (Å²) in [5.74, 6) is 3.32. The van der Waals surface area contributed by atoms with E-state index in [2.05, 4.69) is 15.5 Å². The number of rotatable bonds is 11. The van der Waals surface area contributed by atoms with Gasteiger partial charge in [-0.25, -0.2) is 0 Å². The molecule has 8 nitrogen and oxygen atoms in total. The van der Waals surface area contributed by atoms with Crippen LogP contribution in [0, 0.1) is 0 Å². The fourth-order valence-electron chi connectivity index (χ4n) is 3.12. The minimum absolute atomic E-state index is 0.0169. The molecule has 1 amide bonds. The average molecular weight is 425 g/mol. The number of nitrogens with one attached hydrogen (secondary N) is 1. The second-order valence-electron chi connectivity index (χ2n) is 6.87. The number of nitrogens with zero attached hydrogens (tertiary/aromatic N) is 2. The second-order valence-corrected chi connectivity index (χ2v) is 6.87. The molecule has 1 aromatic heterocycles. The van der Waals surface area contributed by atoms with E-state index >= 15 is 0 Å². The Kier molecular flexibility index (Phi) is 7.86. The van der Waals surface area contributed by atoms with Gasteiger partial charge in [0.2, 0.25) is 17.6 Å². The smallest absolute Gasteiger partial charge is 0.226 e. The summed E-state index contributed by atoms with van der Waals surface area (Å²) in [4.78, 5) is 16.5. The Morgan fingerprint density at radius 2 is 1.71 bits per heavy atom. The normalized spacial score (nSPS) is 10.5. The number of methoxy groups -OCH3 is 3. The van der Waals surface area contributed by atoms with E-state index in [0.29, 0.717) is 43.9 Å². The Labute approximate surface area is 181 Å². The number of hydrogen-bond acceptors (Lipinski definition) is 7. The van der Waals surface area contributed by atoms with Crippen molar-refractivity contribution in [1.29, 1.82) is 0 Å². The molecule has 31 heavy (non-hydrogen) atoms. The number of amides is 1. The first-order chi connectivity index (χ1) is 15.1. The van der Waals surface area contributed by atoms with E-state index in [1.165, 1.54) is 0 Å². The molecule has 3 aromatic rings. The molecule has 0 saturated carbocycles. The lowest BCUT2D eigenvalue weighted by Gasteiger charge is -2.11. The molecule has 0 radical (unpaired) electrons. The van der Waals surface area contributed by atoms with Crippen molar-refractivity contribution in [2.24, 2.45) is 0 Å². The lowest BCUT2D eigenvalue weighted by molar-refractivity contribution is -0.121. The minimum atomic E-state index is -0.0169. The van der Waals surface area contributed by atoms with Gasteiger partial charge in [0, 0.05) is 24.9 Å². The molecule has 8 heteroatoms. The van der Waals surface area contributed by atoms with Crippen LogP contribution in [0.25, 0.3) is 11.4 Å². The summed E-state index contributed by atoms with van der Waals surface area (Å²) in [6.07, 6.45) is 2.20. The van der Waals surface area contributed by atoms with E-state index in [1.807, 2.05) is 42.5 Å². The number of carbonyl (C=O) groups is 1. The molecule has 0 aliphatic heterocycles. The van der Waals surface area contributed by atoms with Crippen LogP contribution >= 0.6 is 0 Å². The van der Waals surface area contributed by atoms with Gasteiger partial charge in [0.1, 0.15) is 17.2 Å². The molecule has 0 aliphatic rings. The Bertz CT molecular complexity index is 985. The molecule has 1 N–H and O–H groups in total. The third kappa shape index (κ3) is 6.21. The van der Waals surface area contributed by atoms with E-state index in [1.54, 1.807) is 21.3 Å². The van der Waals surface area contributed by atoms with Crippen molar-refractivity contribution in [3.8, 4) is 28.6 Å². The summed E-state index contributed by atoms with van der Waals surface area (Å²) in [5.41, 5.74) is 1.83. The molecule has 0 aliphatic carbocycles. The first-order valence-electron chi connectivity index (χ1n) is 10.1. The van der Waals surface area contributed by atoms with Crippen LogP contribution in [0.5, 0.6) is 17.2 Å². The van der Waals surface area contributed by atoms with E-state index in [-0.39, 0.29) is 5.91 Å². The number of aryl methyl sites for hydroxylation is 1. The van der Waals surface area contributed by atoms with Crippen LogP contribution in [-0.2, 0) is 17.6 Å². The summed E-state index contributed by atoms with van der Waals surface area (Å²) in [5, 5.41) is 6.94. The third-order valence-corrected chi connectivity index (χ3v) is 4.81. The van der Waals surface area contributed by atoms with Crippen LogP contribution < -0.4 is 19.5 Å². The van der Waals surface area contributed by atoms with Gasteiger partial charge < -0.3 is 24.1 Å². The van der Waals surface area contributed by atoms with Gasteiger partial charge in [0.05, 0.1) is 21.3 Å². The molecule has 0 unspecified atom stereocenters. The third-order valence-electron chi connectivity index (χ3n) is 4.81. The number of benzene rings is 2. The fraction of sp³-hybridized carbons (Fsp3) is 0.348. The van der Waals surface area contributed by atoms with Crippen molar-refractivity contribution >= 4 is 5.91 Å². The van der Waals surface area contributed by atoms with Gasteiger partial charge in [-0.2, -0.15) is 4.98 Å². The molecule has 164 valence electrons. The van der Waals surface area contributed by atoms with Crippen molar-refractivity contribution in [2.75, 3.05) is 27.9 Å². The monoisotopic (exact) mass is 425 g/mol. The Balaban J connectivity index is 1.41. The maximum atomic E-state index is 12.1. The summed E-state index contributed by atoms with van der Waals surface area (Å²) < 4.78 is 21.1.